The molecular weight excluding hydrogens is 140 g/mol. The molecule has 1 atom stereocenters. The van der Waals surface area contributed by atoms with E-state index in [4.69, 9.17) is 0 Å². The fourth-order valence-electron chi connectivity index (χ4n) is 1.86. The van der Waals surface area contributed by atoms with Crippen molar-refractivity contribution in [3.8, 4) is 0 Å². The molecule has 0 bridgehead atoms. The highest BCUT2D eigenvalue weighted by molar-refractivity contribution is 5.92. The van der Waals surface area contributed by atoms with E-state index in [0.29, 0.717) is 0 Å². The first-order valence-corrected chi connectivity index (χ1v) is 4.37. The minimum absolute atomic E-state index is 0.156. The molecule has 62 valence electrons. The van der Waals surface area contributed by atoms with E-state index in [-0.39, 0.29) is 11.4 Å². The summed E-state index contributed by atoms with van der Waals surface area (Å²) < 4.78 is 0. The van der Waals surface area contributed by atoms with Gasteiger partial charge in [-0.15, -0.1) is 0 Å². The molecule has 0 radical (unpaired) electrons. The summed E-state index contributed by atoms with van der Waals surface area (Å²) in [6.45, 7) is 1.85. The molecule has 0 saturated carbocycles. The number of amides is 1. The standard InChI is InChI=1S/C8H14N2O/c11-7-8(6-9-7)4-2-1-3-5-10-8/h10H,1-6H2,(H,9,11). The van der Waals surface area contributed by atoms with Gasteiger partial charge in [-0.05, 0) is 19.4 Å². The third-order valence-corrected chi connectivity index (χ3v) is 2.73. The molecule has 3 nitrogen and oxygen atoms in total. The van der Waals surface area contributed by atoms with Gasteiger partial charge in [0.1, 0.15) is 5.54 Å². The van der Waals surface area contributed by atoms with Crippen molar-refractivity contribution in [1.29, 1.82) is 0 Å². The Kier molecular flexibility index (Phi) is 1.60. The monoisotopic (exact) mass is 154 g/mol. The average Bonchev–Trinajstić information content (AvgIpc) is 2.28. The quantitative estimate of drug-likeness (QED) is 0.483. The lowest BCUT2D eigenvalue weighted by Crippen LogP contribution is -2.71. The third kappa shape index (κ3) is 1.03. The van der Waals surface area contributed by atoms with Gasteiger partial charge < -0.3 is 10.6 Å². The molecule has 0 aromatic heterocycles. The number of carbonyl (C=O) groups excluding carboxylic acids is 1. The van der Waals surface area contributed by atoms with Crippen molar-refractivity contribution in [2.75, 3.05) is 13.1 Å². The van der Waals surface area contributed by atoms with Crippen LogP contribution in [0.15, 0.2) is 0 Å². The van der Waals surface area contributed by atoms with Gasteiger partial charge in [-0.2, -0.15) is 0 Å². The summed E-state index contributed by atoms with van der Waals surface area (Å²) in [7, 11) is 0. The van der Waals surface area contributed by atoms with Crippen LogP contribution in [0.1, 0.15) is 25.7 Å². The second kappa shape index (κ2) is 2.48. The molecule has 0 aliphatic carbocycles. The summed E-state index contributed by atoms with van der Waals surface area (Å²) in [6, 6.07) is 0. The molecule has 0 aromatic rings. The van der Waals surface area contributed by atoms with Gasteiger partial charge in [-0.3, -0.25) is 4.79 Å². The SMILES string of the molecule is O=C1NCC12CCCCCN2. The van der Waals surface area contributed by atoms with E-state index in [9.17, 15) is 4.79 Å². The van der Waals surface area contributed by atoms with E-state index in [2.05, 4.69) is 10.6 Å². The molecule has 2 fully saturated rings. The van der Waals surface area contributed by atoms with Crippen molar-refractivity contribution < 1.29 is 4.79 Å². The number of carbonyl (C=O) groups is 1. The summed E-state index contributed by atoms with van der Waals surface area (Å²) >= 11 is 0. The fourth-order valence-corrected chi connectivity index (χ4v) is 1.86. The first-order chi connectivity index (χ1) is 5.33. The summed E-state index contributed by atoms with van der Waals surface area (Å²) in [6.07, 6.45) is 4.70. The number of β-lactam (4-membered cyclic amide) rings is 1. The zero-order chi connectivity index (χ0) is 7.73. The largest absolute Gasteiger partial charge is 0.352 e. The van der Waals surface area contributed by atoms with Crippen molar-refractivity contribution in [2.24, 2.45) is 0 Å². The van der Waals surface area contributed by atoms with Crippen LogP contribution in [0.5, 0.6) is 0 Å². The molecule has 2 aliphatic heterocycles. The molecule has 1 amide bonds. The van der Waals surface area contributed by atoms with E-state index >= 15 is 0 Å². The van der Waals surface area contributed by atoms with E-state index in [0.717, 1.165) is 19.5 Å². The van der Waals surface area contributed by atoms with Gasteiger partial charge in [0.05, 0.1) is 0 Å². The Morgan fingerprint density at radius 2 is 2.18 bits per heavy atom. The second-order valence-electron chi connectivity index (χ2n) is 3.50. The predicted molar refractivity (Wildman–Crippen MR) is 42.2 cm³/mol. The Hall–Kier alpha value is -0.570. The van der Waals surface area contributed by atoms with Crippen LogP contribution < -0.4 is 10.6 Å². The molecule has 1 spiro atoms. The Bertz CT molecular complexity index is 171. The Morgan fingerprint density at radius 3 is 2.82 bits per heavy atom. The van der Waals surface area contributed by atoms with E-state index in [1.807, 2.05) is 0 Å². The first kappa shape index (κ1) is 7.10. The lowest BCUT2D eigenvalue weighted by atomic mass is 9.86. The van der Waals surface area contributed by atoms with Gasteiger partial charge in [0.15, 0.2) is 0 Å². The minimum atomic E-state index is -0.156. The molecule has 1 unspecified atom stereocenters. The second-order valence-corrected chi connectivity index (χ2v) is 3.50. The Balaban J connectivity index is 2.04. The van der Waals surface area contributed by atoms with Gasteiger partial charge in [0.25, 0.3) is 0 Å². The van der Waals surface area contributed by atoms with Crippen molar-refractivity contribution in [3.63, 3.8) is 0 Å². The maximum absolute atomic E-state index is 11.2. The third-order valence-electron chi connectivity index (χ3n) is 2.73. The highest BCUT2D eigenvalue weighted by Crippen LogP contribution is 2.23. The molecule has 2 N–H and O–H groups in total. The van der Waals surface area contributed by atoms with E-state index in [1.165, 1.54) is 19.3 Å². The molecule has 3 heteroatoms. The minimum Gasteiger partial charge on any atom is -0.352 e. The predicted octanol–water partition coefficient (Wildman–Crippen LogP) is 0.0186. The van der Waals surface area contributed by atoms with Crippen molar-refractivity contribution in [2.45, 2.75) is 31.2 Å². The molecule has 0 aromatic carbocycles. The van der Waals surface area contributed by atoms with Gasteiger partial charge >= 0.3 is 0 Å². The van der Waals surface area contributed by atoms with E-state index in [1.54, 1.807) is 0 Å². The number of hydrogen-bond donors (Lipinski definition) is 2. The van der Waals surface area contributed by atoms with Crippen LogP contribution in [0, 0.1) is 0 Å². The summed E-state index contributed by atoms with van der Waals surface area (Å²) in [5.74, 6) is 0.208. The van der Waals surface area contributed by atoms with Gasteiger partial charge in [-0.25, -0.2) is 0 Å². The van der Waals surface area contributed by atoms with E-state index < -0.39 is 0 Å². The number of nitrogens with one attached hydrogen (secondary N) is 2. The molecule has 2 saturated heterocycles. The molecule has 2 heterocycles. The average molecular weight is 154 g/mol. The Morgan fingerprint density at radius 1 is 1.27 bits per heavy atom. The molecule has 11 heavy (non-hydrogen) atoms. The zero-order valence-electron chi connectivity index (χ0n) is 6.65. The highest BCUT2D eigenvalue weighted by Gasteiger charge is 2.45. The summed E-state index contributed by atoms with van der Waals surface area (Å²) in [5.41, 5.74) is -0.156. The van der Waals surface area contributed by atoms with Crippen molar-refractivity contribution >= 4 is 5.91 Å². The van der Waals surface area contributed by atoms with Gasteiger partial charge in [0.2, 0.25) is 5.91 Å². The smallest absolute Gasteiger partial charge is 0.242 e. The van der Waals surface area contributed by atoms with Crippen LogP contribution in [0.3, 0.4) is 0 Å². The lowest BCUT2D eigenvalue weighted by molar-refractivity contribution is -0.135. The van der Waals surface area contributed by atoms with Crippen LogP contribution in [0.25, 0.3) is 0 Å². The number of rotatable bonds is 0. The zero-order valence-corrected chi connectivity index (χ0v) is 6.65. The van der Waals surface area contributed by atoms with Gasteiger partial charge in [-0.1, -0.05) is 12.8 Å². The van der Waals surface area contributed by atoms with Crippen LogP contribution in [0.4, 0.5) is 0 Å². The van der Waals surface area contributed by atoms with Gasteiger partial charge in [0, 0.05) is 6.54 Å². The first-order valence-electron chi connectivity index (χ1n) is 4.37. The topological polar surface area (TPSA) is 41.1 Å². The molecule has 2 rings (SSSR count). The van der Waals surface area contributed by atoms with Crippen molar-refractivity contribution in [1.82, 2.24) is 10.6 Å². The van der Waals surface area contributed by atoms with Crippen LogP contribution in [-0.4, -0.2) is 24.5 Å². The molecule has 2 aliphatic rings. The highest BCUT2D eigenvalue weighted by atomic mass is 16.2. The fraction of sp³-hybridized carbons (Fsp3) is 0.875. The summed E-state index contributed by atoms with van der Waals surface area (Å²) in [4.78, 5) is 11.2. The van der Waals surface area contributed by atoms with Crippen molar-refractivity contribution in [3.05, 3.63) is 0 Å². The van der Waals surface area contributed by atoms with Crippen LogP contribution >= 0.6 is 0 Å². The summed E-state index contributed by atoms with van der Waals surface area (Å²) in [5, 5.41) is 6.13. The lowest BCUT2D eigenvalue weighted by Gasteiger charge is -2.40. The maximum atomic E-state index is 11.2. The maximum Gasteiger partial charge on any atom is 0.242 e. The van der Waals surface area contributed by atoms with Crippen LogP contribution in [-0.2, 0) is 4.79 Å². The molecular formula is C8H14N2O. The number of hydrogen-bond acceptors (Lipinski definition) is 2. The van der Waals surface area contributed by atoms with Crippen LogP contribution in [0.2, 0.25) is 0 Å². The normalized spacial score (nSPS) is 37.6. The Labute approximate surface area is 66.5 Å².